The van der Waals surface area contributed by atoms with Gasteiger partial charge in [0, 0.05) is 11.8 Å². The maximum Gasteiger partial charge on any atom is 0.157 e. The molecule has 1 aromatic rings. The zero-order valence-corrected chi connectivity index (χ0v) is 12.0. The number of benzene rings is 1. The van der Waals surface area contributed by atoms with Crippen LogP contribution in [0.4, 0.5) is 4.39 Å². The summed E-state index contributed by atoms with van der Waals surface area (Å²) in [4.78, 5) is 4.48. The lowest BCUT2D eigenvalue weighted by Crippen LogP contribution is -2.31. The molecule has 5 heteroatoms. The van der Waals surface area contributed by atoms with E-state index in [4.69, 9.17) is 11.6 Å². The SMILES string of the molecule is CC(C)[C@H]1CSC(=NCc2ccc(F)c(Cl)c2)N1. The highest BCUT2D eigenvalue weighted by Crippen LogP contribution is 2.20. The second-order valence-corrected chi connectivity index (χ2v) is 6.09. The van der Waals surface area contributed by atoms with E-state index in [0.29, 0.717) is 18.5 Å². The maximum absolute atomic E-state index is 13.0. The third kappa shape index (κ3) is 3.39. The molecular weight excluding hydrogens is 271 g/mol. The third-order valence-electron chi connectivity index (χ3n) is 2.90. The molecule has 1 fully saturated rings. The van der Waals surface area contributed by atoms with Gasteiger partial charge < -0.3 is 5.32 Å². The molecule has 0 bridgehead atoms. The van der Waals surface area contributed by atoms with Crippen molar-refractivity contribution in [3.05, 3.63) is 34.6 Å². The monoisotopic (exact) mass is 286 g/mol. The van der Waals surface area contributed by atoms with Gasteiger partial charge in [0.05, 0.1) is 11.6 Å². The standard InChI is InChI=1S/C13H16ClFN2S/c1-8(2)12-7-18-13(17-12)16-6-9-3-4-11(15)10(14)5-9/h3-5,8,12H,6-7H2,1-2H3,(H,16,17)/t12-/m1/s1. The van der Waals surface area contributed by atoms with Crippen molar-refractivity contribution in [1.82, 2.24) is 5.32 Å². The Bertz CT molecular complexity index is 462. The van der Waals surface area contributed by atoms with Crippen molar-refractivity contribution in [2.45, 2.75) is 26.4 Å². The molecule has 1 heterocycles. The van der Waals surface area contributed by atoms with Crippen molar-refractivity contribution in [2.24, 2.45) is 10.9 Å². The molecule has 0 saturated carbocycles. The summed E-state index contributed by atoms with van der Waals surface area (Å²) in [6, 6.07) is 5.21. The molecule has 1 aliphatic rings. The lowest BCUT2D eigenvalue weighted by Gasteiger charge is -2.13. The number of rotatable bonds is 3. The van der Waals surface area contributed by atoms with Crippen LogP contribution in [0.15, 0.2) is 23.2 Å². The van der Waals surface area contributed by atoms with Gasteiger partial charge in [-0.15, -0.1) is 0 Å². The first-order chi connectivity index (χ1) is 8.56. The first-order valence-electron chi connectivity index (χ1n) is 5.94. The highest BCUT2D eigenvalue weighted by Gasteiger charge is 2.22. The number of nitrogens with zero attached hydrogens (tertiary/aromatic N) is 1. The van der Waals surface area contributed by atoms with Gasteiger partial charge in [-0.25, -0.2) is 4.39 Å². The molecule has 1 N–H and O–H groups in total. The van der Waals surface area contributed by atoms with Crippen LogP contribution in [0, 0.1) is 11.7 Å². The van der Waals surface area contributed by atoms with E-state index in [-0.39, 0.29) is 10.8 Å². The van der Waals surface area contributed by atoms with Gasteiger partial charge in [0.15, 0.2) is 5.17 Å². The molecule has 2 nitrogen and oxygen atoms in total. The molecule has 0 amide bonds. The van der Waals surface area contributed by atoms with E-state index in [1.54, 1.807) is 23.9 Å². The Labute approximate surface area is 116 Å². The average molecular weight is 287 g/mol. The van der Waals surface area contributed by atoms with Gasteiger partial charge in [0.25, 0.3) is 0 Å². The van der Waals surface area contributed by atoms with Crippen molar-refractivity contribution in [2.75, 3.05) is 5.75 Å². The van der Waals surface area contributed by atoms with Crippen molar-refractivity contribution < 1.29 is 4.39 Å². The maximum atomic E-state index is 13.0. The zero-order valence-electron chi connectivity index (χ0n) is 10.4. The first-order valence-corrected chi connectivity index (χ1v) is 7.30. The van der Waals surface area contributed by atoms with Crippen LogP contribution in [-0.2, 0) is 6.54 Å². The summed E-state index contributed by atoms with van der Waals surface area (Å²) in [6.07, 6.45) is 0. The van der Waals surface area contributed by atoms with E-state index in [0.717, 1.165) is 16.5 Å². The highest BCUT2D eigenvalue weighted by molar-refractivity contribution is 8.14. The molecule has 0 spiro atoms. The predicted octanol–water partition coefficient (Wildman–Crippen LogP) is 3.70. The Morgan fingerprint density at radius 1 is 1.56 bits per heavy atom. The Hall–Kier alpha value is -0.740. The number of hydrogen-bond donors (Lipinski definition) is 1. The number of amidine groups is 1. The van der Waals surface area contributed by atoms with Crippen LogP contribution in [0.5, 0.6) is 0 Å². The minimum Gasteiger partial charge on any atom is -0.361 e. The summed E-state index contributed by atoms with van der Waals surface area (Å²) < 4.78 is 13.0. The van der Waals surface area contributed by atoms with Gasteiger partial charge in [-0.05, 0) is 23.6 Å². The van der Waals surface area contributed by atoms with Crippen molar-refractivity contribution in [3.8, 4) is 0 Å². The summed E-state index contributed by atoms with van der Waals surface area (Å²) >= 11 is 7.47. The van der Waals surface area contributed by atoms with Crippen LogP contribution in [-0.4, -0.2) is 17.0 Å². The van der Waals surface area contributed by atoms with Gasteiger partial charge in [-0.2, -0.15) is 0 Å². The lowest BCUT2D eigenvalue weighted by atomic mass is 10.1. The van der Waals surface area contributed by atoms with E-state index in [1.807, 2.05) is 0 Å². The van der Waals surface area contributed by atoms with Crippen LogP contribution >= 0.6 is 23.4 Å². The molecule has 0 aliphatic carbocycles. The lowest BCUT2D eigenvalue weighted by molar-refractivity contribution is 0.503. The fraction of sp³-hybridized carbons (Fsp3) is 0.462. The largest absolute Gasteiger partial charge is 0.361 e. The Morgan fingerprint density at radius 3 is 2.94 bits per heavy atom. The zero-order chi connectivity index (χ0) is 13.1. The van der Waals surface area contributed by atoms with Crippen LogP contribution in [0.1, 0.15) is 19.4 Å². The molecule has 98 valence electrons. The van der Waals surface area contributed by atoms with E-state index in [2.05, 4.69) is 24.2 Å². The number of thioether (sulfide) groups is 1. The van der Waals surface area contributed by atoms with E-state index in [1.165, 1.54) is 6.07 Å². The number of halogens is 2. The van der Waals surface area contributed by atoms with Crippen LogP contribution < -0.4 is 5.32 Å². The smallest absolute Gasteiger partial charge is 0.157 e. The molecule has 0 unspecified atom stereocenters. The van der Waals surface area contributed by atoms with Gasteiger partial charge >= 0.3 is 0 Å². The molecule has 1 saturated heterocycles. The summed E-state index contributed by atoms with van der Waals surface area (Å²) in [7, 11) is 0. The molecule has 18 heavy (non-hydrogen) atoms. The van der Waals surface area contributed by atoms with Crippen LogP contribution in [0.3, 0.4) is 0 Å². The van der Waals surface area contributed by atoms with Gasteiger partial charge in [-0.1, -0.05) is 43.3 Å². The third-order valence-corrected chi connectivity index (χ3v) is 4.24. The minimum atomic E-state index is -0.388. The van der Waals surface area contributed by atoms with Crippen LogP contribution in [0.2, 0.25) is 5.02 Å². The second-order valence-electron chi connectivity index (χ2n) is 4.68. The van der Waals surface area contributed by atoms with Crippen molar-refractivity contribution >= 4 is 28.5 Å². The van der Waals surface area contributed by atoms with Crippen molar-refractivity contribution in [3.63, 3.8) is 0 Å². The summed E-state index contributed by atoms with van der Waals surface area (Å²) in [6.45, 7) is 4.92. The molecule has 2 rings (SSSR count). The van der Waals surface area contributed by atoms with Crippen molar-refractivity contribution in [1.29, 1.82) is 0 Å². The van der Waals surface area contributed by atoms with E-state index >= 15 is 0 Å². The fourth-order valence-electron chi connectivity index (χ4n) is 1.66. The predicted molar refractivity (Wildman–Crippen MR) is 76.8 cm³/mol. The topological polar surface area (TPSA) is 24.4 Å². The molecule has 1 atom stereocenters. The Kier molecular flexibility index (Phi) is 4.51. The van der Waals surface area contributed by atoms with Gasteiger partial charge in [0.2, 0.25) is 0 Å². The Balaban J connectivity index is 1.97. The molecule has 0 aromatic heterocycles. The van der Waals surface area contributed by atoms with E-state index in [9.17, 15) is 4.39 Å². The molecule has 0 radical (unpaired) electrons. The van der Waals surface area contributed by atoms with Gasteiger partial charge in [0.1, 0.15) is 5.82 Å². The Morgan fingerprint density at radius 2 is 2.33 bits per heavy atom. The molecular formula is C13H16ClFN2S. The normalized spacial score (nSPS) is 21.6. The number of nitrogens with one attached hydrogen (secondary N) is 1. The van der Waals surface area contributed by atoms with E-state index < -0.39 is 0 Å². The first kappa shape index (κ1) is 13.7. The van der Waals surface area contributed by atoms with Gasteiger partial charge in [-0.3, -0.25) is 4.99 Å². The summed E-state index contributed by atoms with van der Waals surface area (Å²) in [5, 5.41) is 4.51. The molecule has 1 aromatic carbocycles. The minimum absolute atomic E-state index is 0.153. The van der Waals surface area contributed by atoms with Crippen LogP contribution in [0.25, 0.3) is 0 Å². The molecule has 1 aliphatic heterocycles. The average Bonchev–Trinajstić information content (AvgIpc) is 2.79. The summed E-state index contributed by atoms with van der Waals surface area (Å²) in [5.41, 5.74) is 0.921. The fourth-order valence-corrected chi connectivity index (χ4v) is 3.06. The quantitative estimate of drug-likeness (QED) is 0.916. The highest BCUT2D eigenvalue weighted by atomic mass is 35.5. The number of aliphatic imine (C=N–C) groups is 1. The number of hydrogen-bond acceptors (Lipinski definition) is 2. The second kappa shape index (κ2) is 5.93. The summed E-state index contributed by atoms with van der Waals surface area (Å²) in [5.74, 6) is 1.27.